The molecule has 0 aromatic carbocycles. The van der Waals surface area contributed by atoms with Crippen molar-refractivity contribution in [3.63, 3.8) is 0 Å². The van der Waals surface area contributed by atoms with Gasteiger partial charge in [0.05, 0.1) is 6.61 Å². The molecule has 0 bridgehead atoms. The van der Waals surface area contributed by atoms with Gasteiger partial charge in [-0.05, 0) is 24.5 Å². The molecule has 2 nitrogen and oxygen atoms in total. The third-order valence-corrected chi connectivity index (χ3v) is 4.55. The number of hydrogen-bond donors (Lipinski definition) is 0. The SMILES string of the molecule is CCCCOC(=O)C(SCCCC(F)(F)C(F)(F)F)C(C)C. The highest BCUT2D eigenvalue weighted by molar-refractivity contribution is 8.00. The zero-order chi connectivity index (χ0) is 17.4. The van der Waals surface area contributed by atoms with Gasteiger partial charge >= 0.3 is 18.1 Å². The van der Waals surface area contributed by atoms with Gasteiger partial charge in [-0.3, -0.25) is 4.79 Å². The molecule has 0 heterocycles. The van der Waals surface area contributed by atoms with E-state index in [-0.39, 0.29) is 18.1 Å². The van der Waals surface area contributed by atoms with Crippen molar-refractivity contribution in [3.05, 3.63) is 0 Å². The number of thioether (sulfide) groups is 1. The Kier molecular flexibility index (Phi) is 9.34. The van der Waals surface area contributed by atoms with Gasteiger partial charge in [-0.25, -0.2) is 0 Å². The Morgan fingerprint density at radius 2 is 1.73 bits per heavy atom. The molecule has 0 aliphatic carbocycles. The van der Waals surface area contributed by atoms with Crippen molar-refractivity contribution < 1.29 is 31.5 Å². The lowest BCUT2D eigenvalue weighted by molar-refractivity contribution is -0.284. The first-order valence-corrected chi connectivity index (χ1v) is 8.30. The number of halogens is 5. The Hall–Kier alpha value is -0.530. The second kappa shape index (κ2) is 9.57. The minimum absolute atomic E-state index is 0.0530. The summed E-state index contributed by atoms with van der Waals surface area (Å²) >= 11 is 1.07. The maximum Gasteiger partial charge on any atom is 0.453 e. The van der Waals surface area contributed by atoms with Gasteiger partial charge in [-0.1, -0.05) is 27.2 Å². The molecule has 0 spiro atoms. The van der Waals surface area contributed by atoms with Crippen LogP contribution in [-0.2, 0) is 9.53 Å². The second-order valence-corrected chi connectivity index (χ2v) is 6.61. The van der Waals surface area contributed by atoms with Crippen molar-refractivity contribution in [2.45, 2.75) is 63.8 Å². The maximum atomic E-state index is 12.8. The molecule has 0 saturated heterocycles. The van der Waals surface area contributed by atoms with Crippen LogP contribution in [0.3, 0.4) is 0 Å². The van der Waals surface area contributed by atoms with E-state index in [0.29, 0.717) is 6.61 Å². The van der Waals surface area contributed by atoms with E-state index in [1.807, 2.05) is 6.92 Å². The van der Waals surface area contributed by atoms with Crippen LogP contribution in [0.2, 0.25) is 0 Å². The molecule has 1 atom stereocenters. The van der Waals surface area contributed by atoms with Gasteiger partial charge in [-0.15, -0.1) is 11.8 Å². The normalized spacial score (nSPS) is 14.2. The summed E-state index contributed by atoms with van der Waals surface area (Å²) in [4.78, 5) is 11.8. The largest absolute Gasteiger partial charge is 0.465 e. The summed E-state index contributed by atoms with van der Waals surface area (Å²) in [6, 6.07) is 0. The zero-order valence-corrected chi connectivity index (χ0v) is 13.8. The van der Waals surface area contributed by atoms with Crippen molar-refractivity contribution in [3.8, 4) is 0 Å². The summed E-state index contributed by atoms with van der Waals surface area (Å²) in [5, 5.41) is -0.545. The molecule has 8 heteroatoms. The Labute approximate surface area is 132 Å². The Balaban J connectivity index is 4.24. The number of esters is 1. The molecule has 0 fully saturated rings. The van der Waals surface area contributed by atoms with Crippen LogP contribution in [0, 0.1) is 5.92 Å². The van der Waals surface area contributed by atoms with Crippen molar-refractivity contribution >= 4 is 17.7 Å². The van der Waals surface area contributed by atoms with Crippen LogP contribution >= 0.6 is 11.8 Å². The lowest BCUT2D eigenvalue weighted by Crippen LogP contribution is -2.36. The monoisotopic (exact) mass is 350 g/mol. The number of hydrogen-bond acceptors (Lipinski definition) is 3. The first kappa shape index (κ1) is 21.5. The van der Waals surface area contributed by atoms with E-state index in [9.17, 15) is 26.7 Å². The van der Waals surface area contributed by atoms with Gasteiger partial charge in [-0.2, -0.15) is 22.0 Å². The van der Waals surface area contributed by atoms with Crippen molar-refractivity contribution in [2.75, 3.05) is 12.4 Å². The summed E-state index contributed by atoms with van der Waals surface area (Å²) in [6.07, 6.45) is -5.49. The fraction of sp³-hybridized carbons (Fsp3) is 0.929. The van der Waals surface area contributed by atoms with Crippen LogP contribution in [-0.4, -0.2) is 35.7 Å². The van der Waals surface area contributed by atoms with Gasteiger partial charge in [0.25, 0.3) is 0 Å². The number of rotatable bonds is 10. The van der Waals surface area contributed by atoms with E-state index in [0.717, 1.165) is 24.6 Å². The average molecular weight is 350 g/mol. The molecule has 0 N–H and O–H groups in total. The highest BCUT2D eigenvalue weighted by atomic mass is 32.2. The molecule has 0 rings (SSSR count). The maximum absolute atomic E-state index is 12.8. The van der Waals surface area contributed by atoms with Crippen LogP contribution in [0.15, 0.2) is 0 Å². The molecule has 0 aliphatic rings. The summed E-state index contributed by atoms with van der Waals surface area (Å²) < 4.78 is 66.6. The summed E-state index contributed by atoms with van der Waals surface area (Å²) in [5.74, 6) is -5.14. The first-order valence-electron chi connectivity index (χ1n) is 7.25. The predicted octanol–water partition coefficient (Wildman–Crippen LogP) is 5.07. The summed E-state index contributed by atoms with van der Waals surface area (Å²) in [7, 11) is 0. The number of carbonyl (C=O) groups is 1. The Bertz CT molecular complexity index is 332. The highest BCUT2D eigenvalue weighted by Crippen LogP contribution is 2.39. The third-order valence-electron chi connectivity index (χ3n) is 2.93. The Morgan fingerprint density at radius 1 is 1.14 bits per heavy atom. The molecule has 0 amide bonds. The molecule has 0 aromatic heterocycles. The van der Waals surface area contributed by atoms with E-state index in [4.69, 9.17) is 4.74 Å². The minimum atomic E-state index is -5.52. The molecular formula is C14H23F5O2S. The molecule has 0 saturated carbocycles. The van der Waals surface area contributed by atoms with E-state index in [1.54, 1.807) is 13.8 Å². The van der Waals surface area contributed by atoms with E-state index in [1.165, 1.54) is 0 Å². The van der Waals surface area contributed by atoms with Gasteiger partial charge in [0.2, 0.25) is 0 Å². The van der Waals surface area contributed by atoms with E-state index >= 15 is 0 Å². The topological polar surface area (TPSA) is 26.3 Å². The molecule has 132 valence electrons. The quantitative estimate of drug-likeness (QED) is 0.313. The van der Waals surface area contributed by atoms with Gasteiger partial charge in [0.1, 0.15) is 5.25 Å². The van der Waals surface area contributed by atoms with Crippen molar-refractivity contribution in [1.29, 1.82) is 0 Å². The summed E-state index contributed by atoms with van der Waals surface area (Å²) in [5.41, 5.74) is 0. The number of unbranched alkanes of at least 4 members (excludes halogenated alkanes) is 1. The Morgan fingerprint density at radius 3 is 2.18 bits per heavy atom. The predicted molar refractivity (Wildman–Crippen MR) is 77.2 cm³/mol. The zero-order valence-electron chi connectivity index (χ0n) is 13.0. The minimum Gasteiger partial charge on any atom is -0.465 e. The summed E-state index contributed by atoms with van der Waals surface area (Å²) in [6.45, 7) is 5.81. The molecule has 22 heavy (non-hydrogen) atoms. The van der Waals surface area contributed by atoms with E-state index < -0.39 is 29.7 Å². The third kappa shape index (κ3) is 7.65. The second-order valence-electron chi connectivity index (χ2n) is 5.36. The first-order chi connectivity index (χ1) is 10.0. The lowest BCUT2D eigenvalue weighted by Gasteiger charge is -2.21. The smallest absolute Gasteiger partial charge is 0.453 e. The fourth-order valence-electron chi connectivity index (χ4n) is 1.58. The van der Waals surface area contributed by atoms with Gasteiger partial charge < -0.3 is 4.74 Å². The van der Waals surface area contributed by atoms with Crippen LogP contribution in [0.25, 0.3) is 0 Å². The van der Waals surface area contributed by atoms with Gasteiger partial charge in [0, 0.05) is 6.42 Å². The van der Waals surface area contributed by atoms with Crippen molar-refractivity contribution in [2.24, 2.45) is 5.92 Å². The lowest BCUT2D eigenvalue weighted by atomic mass is 10.1. The van der Waals surface area contributed by atoms with Crippen LogP contribution in [0.1, 0.15) is 46.5 Å². The standard InChI is InChI=1S/C14H23F5O2S/c1-4-5-8-21-12(20)11(10(2)3)22-9-6-7-13(15,16)14(17,18)19/h10-11H,4-9H2,1-3H3. The van der Waals surface area contributed by atoms with Crippen LogP contribution < -0.4 is 0 Å². The highest BCUT2D eigenvalue weighted by Gasteiger charge is 2.56. The molecular weight excluding hydrogens is 327 g/mol. The number of carbonyl (C=O) groups excluding carboxylic acids is 1. The number of alkyl halides is 5. The van der Waals surface area contributed by atoms with Gasteiger partial charge in [0.15, 0.2) is 0 Å². The van der Waals surface area contributed by atoms with Crippen molar-refractivity contribution in [1.82, 2.24) is 0 Å². The fourth-order valence-corrected chi connectivity index (χ4v) is 2.73. The molecule has 0 aliphatic heterocycles. The molecule has 1 unspecified atom stereocenters. The average Bonchev–Trinajstić information content (AvgIpc) is 2.36. The van der Waals surface area contributed by atoms with Crippen LogP contribution in [0.4, 0.5) is 22.0 Å². The van der Waals surface area contributed by atoms with E-state index in [2.05, 4.69) is 0 Å². The molecule has 0 aromatic rings. The molecule has 0 radical (unpaired) electrons. The number of ether oxygens (including phenoxy) is 1. The van der Waals surface area contributed by atoms with Crippen LogP contribution in [0.5, 0.6) is 0 Å².